The maximum absolute atomic E-state index is 13.0. The third-order valence-electron chi connectivity index (χ3n) is 7.46. The van der Waals surface area contributed by atoms with Crippen molar-refractivity contribution in [2.45, 2.75) is 56.8 Å². The lowest BCUT2D eigenvalue weighted by atomic mass is 9.59. The predicted molar refractivity (Wildman–Crippen MR) is 117 cm³/mol. The summed E-state index contributed by atoms with van der Waals surface area (Å²) in [5.41, 5.74) is 4.12. The molecule has 2 aliphatic heterocycles. The Labute approximate surface area is 192 Å². The molecule has 2 aromatic heterocycles. The number of furan rings is 1. The van der Waals surface area contributed by atoms with Gasteiger partial charge in [0.05, 0.1) is 58.0 Å². The number of rotatable bonds is 5. The smallest absolute Gasteiger partial charge is 0.287 e. The van der Waals surface area contributed by atoms with Gasteiger partial charge in [0.25, 0.3) is 5.91 Å². The van der Waals surface area contributed by atoms with Gasteiger partial charge in [-0.25, -0.2) is 0 Å². The largest absolute Gasteiger partial charge is 0.455 e. The summed E-state index contributed by atoms with van der Waals surface area (Å²) in [5, 5.41) is 7.93. The van der Waals surface area contributed by atoms with Crippen molar-refractivity contribution >= 4 is 5.91 Å². The molecule has 2 atom stereocenters. The van der Waals surface area contributed by atoms with Crippen LogP contribution < -0.4 is 5.32 Å². The van der Waals surface area contributed by atoms with E-state index in [4.69, 9.17) is 28.5 Å². The maximum Gasteiger partial charge on any atom is 0.287 e. The molecule has 0 bridgehead atoms. The Morgan fingerprint density at radius 1 is 1.15 bits per heavy atom. The van der Waals surface area contributed by atoms with E-state index in [1.165, 1.54) is 12.0 Å². The van der Waals surface area contributed by atoms with E-state index in [9.17, 15) is 4.79 Å². The molecule has 2 aromatic rings. The molecular weight excluding hydrogens is 426 g/mol. The maximum atomic E-state index is 13.0. The fourth-order valence-electron chi connectivity index (χ4n) is 5.56. The molecule has 1 saturated carbocycles. The van der Waals surface area contributed by atoms with Crippen molar-refractivity contribution in [3.63, 3.8) is 0 Å². The third kappa shape index (κ3) is 3.80. The van der Waals surface area contributed by atoms with Gasteiger partial charge in [-0.3, -0.25) is 9.48 Å². The van der Waals surface area contributed by atoms with Crippen LogP contribution in [-0.2, 0) is 37.3 Å². The van der Waals surface area contributed by atoms with E-state index in [0.717, 1.165) is 41.8 Å². The van der Waals surface area contributed by atoms with Gasteiger partial charge in [-0.05, 0) is 19.8 Å². The molecule has 0 unspecified atom stereocenters. The van der Waals surface area contributed by atoms with Crippen LogP contribution in [0.5, 0.6) is 0 Å². The zero-order valence-electron chi connectivity index (χ0n) is 19.1. The summed E-state index contributed by atoms with van der Waals surface area (Å²) in [6, 6.07) is 0. The van der Waals surface area contributed by atoms with Crippen molar-refractivity contribution < 1.29 is 28.2 Å². The third-order valence-corrected chi connectivity index (χ3v) is 7.46. The zero-order chi connectivity index (χ0) is 22.4. The normalized spacial score (nSPS) is 25.8. The van der Waals surface area contributed by atoms with Crippen LogP contribution in [0.15, 0.2) is 10.6 Å². The second-order valence-electron chi connectivity index (χ2n) is 9.62. The standard InChI is InChI=1S/C24H31N3O6/c1-15-20-19(33-22(15)23(28)25-10-16-13-29-5-7-31-16)9-24(3-2-4-24)18-12-27(26-21(18)20)11-17-14-30-6-8-32-17/h12,16-17H,2-11,13-14H2,1H3,(H,25,28)/t16-,17-/m0/s1. The van der Waals surface area contributed by atoms with Crippen molar-refractivity contribution in [1.82, 2.24) is 15.1 Å². The van der Waals surface area contributed by atoms with Crippen LogP contribution in [-0.4, -0.2) is 74.1 Å². The second kappa shape index (κ2) is 8.54. The highest BCUT2D eigenvalue weighted by Crippen LogP contribution is 2.54. The molecule has 4 heterocycles. The molecule has 9 nitrogen and oxygen atoms in total. The van der Waals surface area contributed by atoms with Crippen molar-refractivity contribution in [1.29, 1.82) is 0 Å². The molecule has 0 radical (unpaired) electrons. The Morgan fingerprint density at radius 3 is 2.58 bits per heavy atom. The van der Waals surface area contributed by atoms with Crippen molar-refractivity contribution in [2.24, 2.45) is 0 Å². The minimum Gasteiger partial charge on any atom is -0.455 e. The van der Waals surface area contributed by atoms with Gasteiger partial charge in [-0.15, -0.1) is 0 Å². The monoisotopic (exact) mass is 457 g/mol. The molecule has 178 valence electrons. The van der Waals surface area contributed by atoms with Crippen LogP contribution in [0.2, 0.25) is 0 Å². The summed E-state index contributed by atoms with van der Waals surface area (Å²) in [4.78, 5) is 13.0. The van der Waals surface area contributed by atoms with Gasteiger partial charge in [0.2, 0.25) is 0 Å². The van der Waals surface area contributed by atoms with E-state index in [1.807, 2.05) is 11.6 Å². The number of carbonyl (C=O) groups is 1. The lowest BCUT2D eigenvalue weighted by Gasteiger charge is -2.43. The van der Waals surface area contributed by atoms with E-state index in [2.05, 4.69) is 11.5 Å². The van der Waals surface area contributed by atoms with Gasteiger partial charge in [0, 0.05) is 41.3 Å². The Kier molecular flexibility index (Phi) is 5.52. The van der Waals surface area contributed by atoms with E-state index in [-0.39, 0.29) is 23.5 Å². The first kappa shape index (κ1) is 21.3. The number of hydrogen-bond acceptors (Lipinski definition) is 7. The highest BCUT2D eigenvalue weighted by molar-refractivity contribution is 5.95. The second-order valence-corrected chi connectivity index (χ2v) is 9.62. The van der Waals surface area contributed by atoms with E-state index < -0.39 is 0 Å². The van der Waals surface area contributed by atoms with Gasteiger partial charge in [0.15, 0.2) is 5.76 Å². The Morgan fingerprint density at radius 2 is 1.91 bits per heavy atom. The quantitative estimate of drug-likeness (QED) is 0.733. The molecule has 6 rings (SSSR count). The Balaban J connectivity index is 1.27. The summed E-state index contributed by atoms with van der Waals surface area (Å²) >= 11 is 0. The van der Waals surface area contributed by atoms with E-state index in [1.54, 1.807) is 0 Å². The molecular formula is C24H31N3O6. The molecule has 3 fully saturated rings. The minimum atomic E-state index is -0.215. The van der Waals surface area contributed by atoms with Crippen LogP contribution in [0.1, 0.15) is 46.7 Å². The number of ether oxygens (including phenoxy) is 4. The SMILES string of the molecule is Cc1c(C(=O)NC[C@H]2COCCO2)oc2c1-c1nn(C[C@H]3COCCO3)cc1C1(CCC1)C2. The first-order valence-electron chi connectivity index (χ1n) is 12.0. The van der Waals surface area contributed by atoms with Crippen molar-refractivity contribution in [2.75, 3.05) is 46.2 Å². The fraction of sp³-hybridized carbons (Fsp3) is 0.667. The molecule has 33 heavy (non-hydrogen) atoms. The number of fused-ring (bicyclic) bond motifs is 4. The van der Waals surface area contributed by atoms with Crippen LogP contribution >= 0.6 is 0 Å². The highest BCUT2D eigenvalue weighted by Gasteiger charge is 2.48. The Hall–Kier alpha value is -2.20. The fourth-order valence-corrected chi connectivity index (χ4v) is 5.56. The number of carbonyl (C=O) groups excluding carboxylic acids is 1. The molecule has 2 aliphatic carbocycles. The number of nitrogens with zero attached hydrogens (tertiary/aromatic N) is 2. The van der Waals surface area contributed by atoms with E-state index >= 15 is 0 Å². The average Bonchev–Trinajstić information content (AvgIpc) is 3.37. The first-order valence-corrected chi connectivity index (χ1v) is 12.0. The number of aromatic nitrogens is 2. The summed E-state index contributed by atoms with van der Waals surface area (Å²) in [7, 11) is 0. The average molecular weight is 458 g/mol. The molecule has 2 saturated heterocycles. The zero-order valence-corrected chi connectivity index (χ0v) is 19.1. The summed E-state index contributed by atoms with van der Waals surface area (Å²) in [6.07, 6.45) is 6.33. The van der Waals surface area contributed by atoms with Crippen molar-refractivity contribution in [3.05, 3.63) is 28.8 Å². The molecule has 1 spiro atoms. The minimum absolute atomic E-state index is 0.00897. The highest BCUT2D eigenvalue weighted by atomic mass is 16.6. The summed E-state index contributed by atoms with van der Waals surface area (Å²) in [5.74, 6) is 1.04. The van der Waals surface area contributed by atoms with Gasteiger partial charge >= 0.3 is 0 Å². The molecule has 9 heteroatoms. The predicted octanol–water partition coefficient (Wildman–Crippen LogP) is 1.99. The van der Waals surface area contributed by atoms with E-state index in [0.29, 0.717) is 58.5 Å². The topological polar surface area (TPSA) is 97.0 Å². The van der Waals surface area contributed by atoms with Crippen LogP contribution in [0, 0.1) is 6.92 Å². The first-order chi connectivity index (χ1) is 16.1. The van der Waals surface area contributed by atoms with Crippen LogP contribution in [0.4, 0.5) is 0 Å². The number of hydrogen-bond donors (Lipinski definition) is 1. The molecule has 1 N–H and O–H groups in total. The van der Waals surface area contributed by atoms with Gasteiger partial charge in [-0.2, -0.15) is 5.10 Å². The number of nitrogens with one attached hydrogen (secondary N) is 1. The van der Waals surface area contributed by atoms with Crippen molar-refractivity contribution in [3.8, 4) is 11.3 Å². The van der Waals surface area contributed by atoms with Crippen LogP contribution in [0.3, 0.4) is 0 Å². The molecule has 4 aliphatic rings. The Bertz CT molecular complexity index is 1030. The summed E-state index contributed by atoms with van der Waals surface area (Å²) in [6.45, 7) is 6.53. The lowest BCUT2D eigenvalue weighted by Crippen LogP contribution is -2.39. The lowest BCUT2D eigenvalue weighted by molar-refractivity contribution is -0.0946. The number of amides is 1. The molecule has 0 aromatic carbocycles. The van der Waals surface area contributed by atoms with Gasteiger partial charge < -0.3 is 28.7 Å². The molecule has 1 amide bonds. The van der Waals surface area contributed by atoms with Crippen LogP contribution in [0.25, 0.3) is 11.3 Å². The van der Waals surface area contributed by atoms with Gasteiger partial charge in [-0.1, -0.05) is 6.42 Å². The van der Waals surface area contributed by atoms with Gasteiger partial charge in [0.1, 0.15) is 11.9 Å². The summed E-state index contributed by atoms with van der Waals surface area (Å²) < 4.78 is 30.6.